The molecule has 2 aromatic carbocycles. The molecule has 2 aromatic rings. The minimum absolute atomic E-state index is 0.413. The molecule has 98 valence electrons. The predicted octanol–water partition coefficient (Wildman–Crippen LogP) is 3.81. The summed E-state index contributed by atoms with van der Waals surface area (Å²) >= 11 is 9.52. The van der Waals surface area contributed by atoms with Crippen molar-refractivity contribution in [3.8, 4) is 0 Å². The minimum atomic E-state index is -0.478. The van der Waals surface area contributed by atoms with Crippen molar-refractivity contribution < 1.29 is 4.79 Å². The minimum Gasteiger partial charge on any atom is -0.381 e. The van der Waals surface area contributed by atoms with Crippen LogP contribution in [0.5, 0.6) is 0 Å². The second-order valence-corrected chi connectivity index (χ2v) is 5.36. The lowest BCUT2D eigenvalue weighted by molar-refractivity contribution is 0.100. The van der Waals surface area contributed by atoms with E-state index in [9.17, 15) is 4.79 Å². The number of rotatable bonds is 4. The number of nitrogens with two attached hydrogens (primary N) is 1. The Morgan fingerprint density at radius 1 is 1.26 bits per heavy atom. The second kappa shape index (κ2) is 6.08. The molecule has 1 amide bonds. The average Bonchev–Trinajstić information content (AvgIpc) is 2.37. The Kier molecular flexibility index (Phi) is 4.45. The molecule has 5 heteroatoms. The maximum absolute atomic E-state index is 11.0. The third-order valence-corrected chi connectivity index (χ3v) is 3.49. The van der Waals surface area contributed by atoms with Gasteiger partial charge in [0.15, 0.2) is 0 Å². The molecule has 0 aliphatic heterocycles. The number of carbonyl (C=O) groups is 1. The third kappa shape index (κ3) is 3.72. The largest absolute Gasteiger partial charge is 0.381 e. The molecule has 3 nitrogen and oxygen atoms in total. The van der Waals surface area contributed by atoms with Gasteiger partial charge in [-0.2, -0.15) is 0 Å². The molecule has 0 atom stereocenters. The van der Waals surface area contributed by atoms with Gasteiger partial charge in [-0.1, -0.05) is 39.7 Å². The maximum Gasteiger partial charge on any atom is 0.248 e. The number of carbonyl (C=O) groups excluding carboxylic acids is 1. The maximum atomic E-state index is 11.0. The SMILES string of the molecule is NC(=O)c1ccc(CNc2cccc(Br)c2)c(Cl)c1. The van der Waals surface area contributed by atoms with E-state index in [4.69, 9.17) is 17.3 Å². The van der Waals surface area contributed by atoms with Gasteiger partial charge >= 0.3 is 0 Å². The lowest BCUT2D eigenvalue weighted by Crippen LogP contribution is -2.11. The van der Waals surface area contributed by atoms with Crippen LogP contribution in [0.2, 0.25) is 5.02 Å². The van der Waals surface area contributed by atoms with Gasteiger partial charge in [-0.15, -0.1) is 0 Å². The van der Waals surface area contributed by atoms with Gasteiger partial charge in [0.05, 0.1) is 0 Å². The van der Waals surface area contributed by atoms with Crippen molar-refractivity contribution in [2.45, 2.75) is 6.54 Å². The van der Waals surface area contributed by atoms with Crippen LogP contribution in [0.25, 0.3) is 0 Å². The number of anilines is 1. The summed E-state index contributed by atoms with van der Waals surface area (Å²) in [6.45, 7) is 0.578. The topological polar surface area (TPSA) is 55.1 Å². The van der Waals surface area contributed by atoms with E-state index in [2.05, 4.69) is 21.2 Å². The molecule has 0 spiro atoms. The van der Waals surface area contributed by atoms with Crippen molar-refractivity contribution in [1.29, 1.82) is 0 Å². The standard InChI is InChI=1S/C14H12BrClN2O/c15-11-2-1-3-12(7-11)18-8-10-5-4-9(14(17)19)6-13(10)16/h1-7,18H,8H2,(H2,17,19). The smallest absolute Gasteiger partial charge is 0.248 e. The van der Waals surface area contributed by atoms with Crippen molar-refractivity contribution in [3.05, 3.63) is 63.1 Å². The Hall–Kier alpha value is -1.52. The number of amides is 1. The van der Waals surface area contributed by atoms with Gasteiger partial charge in [-0.05, 0) is 35.9 Å². The van der Waals surface area contributed by atoms with Crippen LogP contribution in [0.15, 0.2) is 46.9 Å². The molecule has 0 aliphatic carbocycles. The van der Waals surface area contributed by atoms with E-state index in [0.29, 0.717) is 17.1 Å². The number of primary amides is 1. The number of hydrogen-bond donors (Lipinski definition) is 2. The molecule has 0 saturated carbocycles. The van der Waals surface area contributed by atoms with Crippen LogP contribution in [0, 0.1) is 0 Å². The molecule has 0 unspecified atom stereocenters. The van der Waals surface area contributed by atoms with Crippen molar-refractivity contribution in [2.75, 3.05) is 5.32 Å². The molecule has 19 heavy (non-hydrogen) atoms. The lowest BCUT2D eigenvalue weighted by Gasteiger charge is -2.09. The zero-order chi connectivity index (χ0) is 13.8. The normalized spacial score (nSPS) is 10.2. The van der Waals surface area contributed by atoms with E-state index in [1.165, 1.54) is 0 Å². The van der Waals surface area contributed by atoms with Crippen LogP contribution >= 0.6 is 27.5 Å². The zero-order valence-corrected chi connectivity index (χ0v) is 12.3. The van der Waals surface area contributed by atoms with E-state index >= 15 is 0 Å². The summed E-state index contributed by atoms with van der Waals surface area (Å²) in [5.41, 5.74) is 7.51. The van der Waals surface area contributed by atoms with Crippen LogP contribution in [0.1, 0.15) is 15.9 Å². The van der Waals surface area contributed by atoms with Gasteiger partial charge in [0.2, 0.25) is 5.91 Å². The molecule has 0 aromatic heterocycles. The summed E-state index contributed by atoms with van der Waals surface area (Å²) < 4.78 is 1.01. The van der Waals surface area contributed by atoms with Crippen molar-refractivity contribution in [3.63, 3.8) is 0 Å². The molecule has 0 fully saturated rings. The van der Waals surface area contributed by atoms with Crippen LogP contribution < -0.4 is 11.1 Å². The summed E-state index contributed by atoms with van der Waals surface area (Å²) in [7, 11) is 0. The summed E-state index contributed by atoms with van der Waals surface area (Å²) in [4.78, 5) is 11.0. The van der Waals surface area contributed by atoms with Gasteiger partial charge in [-0.3, -0.25) is 4.79 Å². The monoisotopic (exact) mass is 338 g/mol. The first-order valence-electron chi connectivity index (χ1n) is 5.64. The number of halogens is 2. The van der Waals surface area contributed by atoms with Gasteiger partial charge in [0, 0.05) is 27.3 Å². The van der Waals surface area contributed by atoms with Crippen LogP contribution in [-0.2, 0) is 6.54 Å². The molecule has 0 saturated heterocycles. The highest BCUT2D eigenvalue weighted by Gasteiger charge is 2.05. The molecular weight excluding hydrogens is 328 g/mol. The zero-order valence-electron chi connectivity index (χ0n) is 9.99. The highest BCUT2D eigenvalue weighted by Crippen LogP contribution is 2.21. The van der Waals surface area contributed by atoms with E-state index in [-0.39, 0.29) is 0 Å². The van der Waals surface area contributed by atoms with Crippen molar-refractivity contribution in [2.24, 2.45) is 5.73 Å². The first-order chi connectivity index (χ1) is 9.06. The Morgan fingerprint density at radius 2 is 2.05 bits per heavy atom. The van der Waals surface area contributed by atoms with Gasteiger partial charge in [-0.25, -0.2) is 0 Å². The fourth-order valence-corrected chi connectivity index (χ4v) is 2.29. The predicted molar refractivity (Wildman–Crippen MR) is 81.4 cm³/mol. The Bertz CT molecular complexity index is 616. The molecule has 2 rings (SSSR count). The summed E-state index contributed by atoms with van der Waals surface area (Å²) in [5, 5.41) is 3.79. The number of benzene rings is 2. The third-order valence-electron chi connectivity index (χ3n) is 2.65. The highest BCUT2D eigenvalue weighted by atomic mass is 79.9. The fraction of sp³-hybridized carbons (Fsp3) is 0.0714. The van der Waals surface area contributed by atoms with E-state index < -0.39 is 5.91 Å². The lowest BCUT2D eigenvalue weighted by atomic mass is 10.1. The van der Waals surface area contributed by atoms with Gasteiger partial charge in [0.1, 0.15) is 0 Å². The van der Waals surface area contributed by atoms with Crippen molar-refractivity contribution >= 4 is 39.1 Å². The fourth-order valence-electron chi connectivity index (χ4n) is 1.64. The Morgan fingerprint density at radius 3 is 2.68 bits per heavy atom. The Balaban J connectivity index is 2.10. The first-order valence-corrected chi connectivity index (χ1v) is 6.81. The van der Waals surface area contributed by atoms with Crippen LogP contribution in [0.3, 0.4) is 0 Å². The van der Waals surface area contributed by atoms with Crippen LogP contribution in [0.4, 0.5) is 5.69 Å². The average molecular weight is 340 g/mol. The number of nitrogens with one attached hydrogen (secondary N) is 1. The first kappa shape index (κ1) is 13.9. The summed E-state index contributed by atoms with van der Waals surface area (Å²) in [5.74, 6) is -0.478. The summed E-state index contributed by atoms with van der Waals surface area (Å²) in [6.07, 6.45) is 0. The highest BCUT2D eigenvalue weighted by molar-refractivity contribution is 9.10. The van der Waals surface area contributed by atoms with Crippen LogP contribution in [-0.4, -0.2) is 5.91 Å². The van der Waals surface area contributed by atoms with E-state index in [0.717, 1.165) is 15.7 Å². The van der Waals surface area contributed by atoms with E-state index in [1.54, 1.807) is 18.2 Å². The molecule has 0 heterocycles. The molecule has 0 radical (unpaired) electrons. The molecule has 0 aliphatic rings. The van der Waals surface area contributed by atoms with Gasteiger partial charge < -0.3 is 11.1 Å². The van der Waals surface area contributed by atoms with Crippen molar-refractivity contribution in [1.82, 2.24) is 0 Å². The molecule has 3 N–H and O–H groups in total. The van der Waals surface area contributed by atoms with Gasteiger partial charge in [0.25, 0.3) is 0 Å². The van der Waals surface area contributed by atoms with E-state index in [1.807, 2.05) is 24.3 Å². The molecular formula is C14H12BrClN2O. The quantitative estimate of drug-likeness (QED) is 0.890. The Labute approximate surface area is 124 Å². The molecule has 0 bridgehead atoms. The second-order valence-electron chi connectivity index (χ2n) is 4.03. The number of hydrogen-bond acceptors (Lipinski definition) is 2. The summed E-state index contributed by atoms with van der Waals surface area (Å²) in [6, 6.07) is 12.9.